The van der Waals surface area contributed by atoms with Gasteiger partial charge in [-0.15, -0.1) is 0 Å². The lowest BCUT2D eigenvalue weighted by atomic mass is 10.0. The van der Waals surface area contributed by atoms with Gasteiger partial charge in [0, 0.05) is 26.1 Å². The van der Waals surface area contributed by atoms with Gasteiger partial charge in [0.2, 0.25) is 5.91 Å². The number of carbonyl (C=O) groups is 2. The van der Waals surface area contributed by atoms with Gasteiger partial charge in [0.15, 0.2) is 0 Å². The van der Waals surface area contributed by atoms with E-state index in [-0.39, 0.29) is 18.0 Å². The van der Waals surface area contributed by atoms with Gasteiger partial charge in [-0.05, 0) is 19.3 Å². The first-order valence-corrected chi connectivity index (χ1v) is 5.78. The summed E-state index contributed by atoms with van der Waals surface area (Å²) in [6.45, 7) is 4.89. The average molecular weight is 228 g/mol. The van der Waals surface area contributed by atoms with E-state index in [0.717, 1.165) is 25.9 Å². The molecule has 1 heterocycles. The summed E-state index contributed by atoms with van der Waals surface area (Å²) in [6, 6.07) is -0.168. The van der Waals surface area contributed by atoms with Crippen molar-refractivity contribution in [2.24, 2.45) is 0 Å². The van der Waals surface area contributed by atoms with E-state index < -0.39 is 5.97 Å². The van der Waals surface area contributed by atoms with Crippen LogP contribution in [-0.4, -0.2) is 47.1 Å². The molecule has 1 aliphatic heterocycles. The zero-order chi connectivity index (χ0) is 12.1. The first-order chi connectivity index (χ1) is 7.54. The summed E-state index contributed by atoms with van der Waals surface area (Å²) < 4.78 is 0. The van der Waals surface area contributed by atoms with Crippen LogP contribution in [0.25, 0.3) is 0 Å². The highest BCUT2D eigenvalue weighted by atomic mass is 16.4. The molecule has 1 fully saturated rings. The standard InChI is InChI=1S/C11H20N2O3/c1-3-10(11(15)16)13-6-4-9(5-7-13)12-8(2)14/h9-10H,3-7H2,1-2H3,(H,12,14)(H,15,16). The third kappa shape index (κ3) is 3.48. The number of amides is 1. The Bertz CT molecular complexity index is 260. The molecule has 0 aromatic rings. The minimum absolute atomic E-state index is 0.0104. The molecule has 1 unspecified atom stereocenters. The molecule has 5 nitrogen and oxygen atoms in total. The van der Waals surface area contributed by atoms with E-state index >= 15 is 0 Å². The largest absolute Gasteiger partial charge is 0.480 e. The first-order valence-electron chi connectivity index (χ1n) is 5.78. The molecule has 0 aliphatic carbocycles. The molecule has 2 N–H and O–H groups in total. The first kappa shape index (κ1) is 13.0. The molecule has 1 saturated heterocycles. The van der Waals surface area contributed by atoms with Crippen molar-refractivity contribution in [3.63, 3.8) is 0 Å². The Morgan fingerprint density at radius 2 is 2.00 bits per heavy atom. The molecule has 1 amide bonds. The normalized spacial score (nSPS) is 20.4. The summed E-state index contributed by atoms with van der Waals surface area (Å²) in [5.41, 5.74) is 0. The number of nitrogens with one attached hydrogen (secondary N) is 1. The van der Waals surface area contributed by atoms with Crippen LogP contribution in [0.3, 0.4) is 0 Å². The third-order valence-corrected chi connectivity index (χ3v) is 3.05. The van der Waals surface area contributed by atoms with Crippen LogP contribution in [0.2, 0.25) is 0 Å². The van der Waals surface area contributed by atoms with Gasteiger partial charge in [0.05, 0.1) is 0 Å². The van der Waals surface area contributed by atoms with E-state index in [1.165, 1.54) is 6.92 Å². The maximum atomic E-state index is 11.0. The maximum absolute atomic E-state index is 11.0. The fourth-order valence-corrected chi connectivity index (χ4v) is 2.23. The molecular formula is C11H20N2O3. The summed E-state index contributed by atoms with van der Waals surface area (Å²) in [5, 5.41) is 11.9. The Morgan fingerprint density at radius 1 is 1.44 bits per heavy atom. The number of nitrogens with zero attached hydrogens (tertiary/aromatic N) is 1. The summed E-state index contributed by atoms with van der Waals surface area (Å²) in [7, 11) is 0. The van der Waals surface area contributed by atoms with Crippen molar-refractivity contribution in [3.8, 4) is 0 Å². The van der Waals surface area contributed by atoms with Gasteiger partial charge >= 0.3 is 5.97 Å². The molecule has 1 aliphatic rings. The van der Waals surface area contributed by atoms with Crippen molar-refractivity contribution in [2.75, 3.05) is 13.1 Å². The van der Waals surface area contributed by atoms with Crippen LogP contribution >= 0.6 is 0 Å². The van der Waals surface area contributed by atoms with Crippen molar-refractivity contribution < 1.29 is 14.7 Å². The number of carboxylic acids is 1. The van der Waals surface area contributed by atoms with Crippen LogP contribution in [0.1, 0.15) is 33.1 Å². The minimum Gasteiger partial charge on any atom is -0.480 e. The van der Waals surface area contributed by atoms with Crippen molar-refractivity contribution in [3.05, 3.63) is 0 Å². The van der Waals surface area contributed by atoms with Gasteiger partial charge in [-0.3, -0.25) is 14.5 Å². The Kier molecular flexibility index (Phi) is 4.73. The van der Waals surface area contributed by atoms with Crippen LogP contribution in [0.5, 0.6) is 0 Å². The molecule has 5 heteroatoms. The number of hydrogen-bond acceptors (Lipinski definition) is 3. The van der Waals surface area contributed by atoms with Gasteiger partial charge in [0.25, 0.3) is 0 Å². The van der Waals surface area contributed by atoms with Gasteiger partial charge in [-0.2, -0.15) is 0 Å². The monoisotopic (exact) mass is 228 g/mol. The lowest BCUT2D eigenvalue weighted by molar-refractivity contribution is -0.144. The molecule has 16 heavy (non-hydrogen) atoms. The topological polar surface area (TPSA) is 69.6 Å². The van der Waals surface area contributed by atoms with Crippen LogP contribution in [0.4, 0.5) is 0 Å². The van der Waals surface area contributed by atoms with E-state index in [9.17, 15) is 9.59 Å². The second-order valence-corrected chi connectivity index (χ2v) is 4.27. The van der Waals surface area contributed by atoms with E-state index in [1.54, 1.807) is 0 Å². The van der Waals surface area contributed by atoms with Gasteiger partial charge in [-0.1, -0.05) is 6.92 Å². The highest BCUT2D eigenvalue weighted by molar-refractivity contribution is 5.73. The summed E-state index contributed by atoms with van der Waals surface area (Å²) in [4.78, 5) is 23.8. The number of carbonyl (C=O) groups excluding carboxylic acids is 1. The Labute approximate surface area is 95.8 Å². The summed E-state index contributed by atoms with van der Waals surface area (Å²) >= 11 is 0. The third-order valence-electron chi connectivity index (χ3n) is 3.05. The Hall–Kier alpha value is -1.10. The molecule has 1 rings (SSSR count). The van der Waals surface area contributed by atoms with Gasteiger partial charge < -0.3 is 10.4 Å². The molecule has 0 aromatic carbocycles. The smallest absolute Gasteiger partial charge is 0.320 e. The van der Waals surface area contributed by atoms with E-state index in [2.05, 4.69) is 5.32 Å². The minimum atomic E-state index is -0.750. The number of rotatable bonds is 4. The lowest BCUT2D eigenvalue weighted by Crippen LogP contribution is -2.49. The van der Waals surface area contributed by atoms with Crippen LogP contribution in [-0.2, 0) is 9.59 Å². The fourth-order valence-electron chi connectivity index (χ4n) is 2.23. The predicted octanol–water partition coefficient (Wildman–Crippen LogP) is 0.450. The highest BCUT2D eigenvalue weighted by Gasteiger charge is 2.28. The number of piperidine rings is 1. The molecule has 0 bridgehead atoms. The maximum Gasteiger partial charge on any atom is 0.320 e. The molecular weight excluding hydrogens is 208 g/mol. The summed E-state index contributed by atoms with van der Waals surface area (Å²) in [5.74, 6) is -0.760. The zero-order valence-corrected chi connectivity index (χ0v) is 9.90. The highest BCUT2D eigenvalue weighted by Crippen LogP contribution is 2.15. The second kappa shape index (κ2) is 5.84. The zero-order valence-electron chi connectivity index (χ0n) is 9.90. The van der Waals surface area contributed by atoms with Gasteiger partial charge in [-0.25, -0.2) is 0 Å². The molecule has 0 spiro atoms. The molecule has 0 radical (unpaired) electrons. The molecule has 0 aromatic heterocycles. The fraction of sp³-hybridized carbons (Fsp3) is 0.818. The number of likely N-dealkylation sites (tertiary alicyclic amines) is 1. The van der Waals surface area contributed by atoms with Crippen molar-refractivity contribution in [1.29, 1.82) is 0 Å². The second-order valence-electron chi connectivity index (χ2n) is 4.27. The molecule has 1 atom stereocenters. The van der Waals surface area contributed by atoms with Crippen molar-refractivity contribution in [1.82, 2.24) is 10.2 Å². The average Bonchev–Trinajstić information content (AvgIpc) is 2.20. The predicted molar refractivity (Wildman–Crippen MR) is 60.1 cm³/mol. The number of carboxylic acid groups (broad SMARTS) is 1. The van der Waals surface area contributed by atoms with E-state index in [0.29, 0.717) is 6.42 Å². The number of hydrogen-bond donors (Lipinski definition) is 2. The molecule has 92 valence electrons. The van der Waals surface area contributed by atoms with Crippen molar-refractivity contribution in [2.45, 2.75) is 45.2 Å². The summed E-state index contributed by atoms with van der Waals surface area (Å²) in [6.07, 6.45) is 2.30. The Morgan fingerprint density at radius 3 is 2.38 bits per heavy atom. The molecule has 0 saturated carbocycles. The van der Waals surface area contributed by atoms with Crippen LogP contribution < -0.4 is 5.32 Å². The SMILES string of the molecule is CCC(C(=O)O)N1CCC(NC(C)=O)CC1. The number of aliphatic carboxylic acids is 1. The van der Waals surface area contributed by atoms with E-state index in [4.69, 9.17) is 5.11 Å². The lowest BCUT2D eigenvalue weighted by Gasteiger charge is -2.35. The Balaban J connectivity index is 2.41. The quantitative estimate of drug-likeness (QED) is 0.733. The van der Waals surface area contributed by atoms with Crippen LogP contribution in [0.15, 0.2) is 0 Å². The van der Waals surface area contributed by atoms with Crippen LogP contribution in [0, 0.1) is 0 Å². The van der Waals surface area contributed by atoms with Crippen molar-refractivity contribution >= 4 is 11.9 Å². The van der Waals surface area contributed by atoms with E-state index in [1.807, 2.05) is 11.8 Å². The van der Waals surface area contributed by atoms with Gasteiger partial charge in [0.1, 0.15) is 6.04 Å².